The van der Waals surface area contributed by atoms with Gasteiger partial charge in [0, 0.05) is 30.8 Å². The molecule has 3 aromatic rings. The predicted molar refractivity (Wildman–Crippen MR) is 110 cm³/mol. The zero-order chi connectivity index (χ0) is 20.4. The molecule has 3 heterocycles. The Balaban J connectivity index is 1.59. The van der Waals surface area contributed by atoms with Gasteiger partial charge in [0.2, 0.25) is 0 Å². The first-order valence-electron chi connectivity index (χ1n) is 9.18. The van der Waals surface area contributed by atoms with E-state index in [2.05, 4.69) is 36.1 Å². The average molecular weight is 462 g/mol. The van der Waals surface area contributed by atoms with Crippen molar-refractivity contribution in [1.82, 2.24) is 19.5 Å². The van der Waals surface area contributed by atoms with Gasteiger partial charge in [0.15, 0.2) is 12.4 Å². The number of hydrogen-bond acceptors (Lipinski definition) is 7. The minimum Gasteiger partial charge on any atom is -0.507 e. The summed E-state index contributed by atoms with van der Waals surface area (Å²) in [7, 11) is 0. The van der Waals surface area contributed by atoms with Gasteiger partial charge in [0.25, 0.3) is 0 Å². The molecule has 0 bridgehead atoms. The van der Waals surface area contributed by atoms with Crippen molar-refractivity contribution in [2.45, 2.75) is 18.9 Å². The highest BCUT2D eigenvalue weighted by atomic mass is 79.9. The molecule has 1 aliphatic heterocycles. The zero-order valence-corrected chi connectivity index (χ0v) is 17.0. The number of para-hydroxylation sites is 1. The second kappa shape index (κ2) is 8.26. The monoisotopic (exact) mass is 461 g/mol. The lowest BCUT2D eigenvalue weighted by Crippen LogP contribution is -2.42. The van der Waals surface area contributed by atoms with Crippen molar-refractivity contribution in [2.24, 2.45) is 0 Å². The molecule has 0 saturated carbocycles. The fourth-order valence-corrected chi connectivity index (χ4v) is 3.78. The molecule has 9 nitrogen and oxygen atoms in total. The molecule has 0 spiro atoms. The van der Waals surface area contributed by atoms with Crippen molar-refractivity contribution in [3.8, 4) is 17.0 Å². The maximum atomic E-state index is 11.7. The van der Waals surface area contributed by atoms with Crippen molar-refractivity contribution in [1.29, 1.82) is 0 Å². The number of carbonyl (C=O) groups excluding carboxylic acids is 1. The Morgan fingerprint density at radius 1 is 1.31 bits per heavy atom. The minimum atomic E-state index is -0.616. The van der Waals surface area contributed by atoms with E-state index in [0.29, 0.717) is 30.0 Å². The van der Waals surface area contributed by atoms with E-state index < -0.39 is 12.9 Å². The first-order valence-corrected chi connectivity index (χ1v) is 9.98. The lowest BCUT2D eigenvalue weighted by molar-refractivity contribution is 0.0188. The highest BCUT2D eigenvalue weighted by Gasteiger charge is 2.24. The molecule has 1 fully saturated rings. The van der Waals surface area contributed by atoms with Gasteiger partial charge >= 0.3 is 6.09 Å². The highest BCUT2D eigenvalue weighted by Crippen LogP contribution is 2.31. The number of nitrogens with zero attached hydrogens (tertiary/aromatic N) is 4. The molecule has 1 aromatic carbocycles. The Morgan fingerprint density at radius 3 is 2.79 bits per heavy atom. The van der Waals surface area contributed by atoms with Crippen LogP contribution in [-0.2, 0) is 4.74 Å². The van der Waals surface area contributed by atoms with Crippen LogP contribution in [0.15, 0.2) is 41.0 Å². The van der Waals surface area contributed by atoms with Crippen LogP contribution in [0.2, 0.25) is 0 Å². The van der Waals surface area contributed by atoms with Crippen LogP contribution in [0.5, 0.6) is 5.75 Å². The number of aliphatic hydroxyl groups excluding tert-OH is 1. The molecule has 3 N–H and O–H groups in total. The maximum absolute atomic E-state index is 11.7. The van der Waals surface area contributed by atoms with E-state index in [1.165, 1.54) is 0 Å². The Bertz CT molecular complexity index is 1030. The van der Waals surface area contributed by atoms with Gasteiger partial charge in [0.05, 0.1) is 16.4 Å². The molecule has 1 amide bonds. The fourth-order valence-electron chi connectivity index (χ4n) is 3.43. The summed E-state index contributed by atoms with van der Waals surface area (Å²) in [5.41, 5.74) is 1.90. The van der Waals surface area contributed by atoms with Crippen molar-refractivity contribution in [3.63, 3.8) is 0 Å². The van der Waals surface area contributed by atoms with Crippen LogP contribution in [0, 0.1) is 0 Å². The molecule has 0 aliphatic carbocycles. The van der Waals surface area contributed by atoms with E-state index in [4.69, 9.17) is 5.11 Å². The topological polar surface area (TPSA) is 112 Å². The number of phenols is 1. The lowest BCUT2D eigenvalue weighted by Gasteiger charge is -2.32. The van der Waals surface area contributed by atoms with Crippen LogP contribution < -0.4 is 5.32 Å². The largest absolute Gasteiger partial charge is 0.507 e. The van der Waals surface area contributed by atoms with Crippen molar-refractivity contribution < 1.29 is 19.7 Å². The second-order valence-electron chi connectivity index (χ2n) is 6.72. The molecule has 10 heteroatoms. The van der Waals surface area contributed by atoms with E-state index in [1.54, 1.807) is 27.7 Å². The maximum Gasteiger partial charge on any atom is 0.411 e. The van der Waals surface area contributed by atoms with E-state index in [9.17, 15) is 9.90 Å². The Morgan fingerprint density at radius 2 is 2.07 bits per heavy atom. The summed E-state index contributed by atoms with van der Waals surface area (Å²) in [6.45, 7) is 0.439. The smallest absolute Gasteiger partial charge is 0.411 e. The third-order valence-corrected chi connectivity index (χ3v) is 5.46. The molecular weight excluding hydrogens is 442 g/mol. The van der Waals surface area contributed by atoms with Gasteiger partial charge in [-0.25, -0.2) is 9.78 Å². The first-order chi connectivity index (χ1) is 14.1. The SMILES string of the molecule is O=C(OCO)N1CCC(Nc2cc(-c3ccccc3O)nc3c(Br)cnn23)CC1. The molecule has 152 valence electrons. The van der Waals surface area contributed by atoms with Crippen LogP contribution in [0.3, 0.4) is 0 Å². The number of hydrogen-bond donors (Lipinski definition) is 3. The van der Waals surface area contributed by atoms with E-state index in [-0.39, 0.29) is 11.8 Å². The normalized spacial score (nSPS) is 14.9. The number of aliphatic hydroxyl groups is 1. The number of carbonyl (C=O) groups is 1. The summed E-state index contributed by atoms with van der Waals surface area (Å²) < 4.78 is 7.10. The van der Waals surface area contributed by atoms with Crippen molar-refractivity contribution in [2.75, 3.05) is 25.2 Å². The number of aromatic nitrogens is 3. The number of anilines is 1. The van der Waals surface area contributed by atoms with Gasteiger partial charge < -0.3 is 25.2 Å². The molecule has 0 unspecified atom stereocenters. The second-order valence-corrected chi connectivity index (χ2v) is 7.57. The molecule has 1 aliphatic rings. The van der Waals surface area contributed by atoms with Gasteiger partial charge in [-0.1, -0.05) is 12.1 Å². The number of phenolic OH excluding ortho intramolecular Hbond substituents is 1. The Labute approximate surface area is 175 Å². The lowest BCUT2D eigenvalue weighted by atomic mass is 10.1. The number of nitrogens with one attached hydrogen (secondary N) is 1. The summed E-state index contributed by atoms with van der Waals surface area (Å²) in [6, 6.07) is 9.03. The average Bonchev–Trinajstić information content (AvgIpc) is 3.10. The van der Waals surface area contributed by atoms with Crippen LogP contribution in [0.4, 0.5) is 10.6 Å². The summed E-state index contributed by atoms with van der Waals surface area (Å²) in [6.07, 6.45) is 2.61. The van der Waals surface area contributed by atoms with Crippen LogP contribution in [-0.4, -0.2) is 61.7 Å². The summed E-state index contributed by atoms with van der Waals surface area (Å²) in [5, 5.41) is 26.8. The van der Waals surface area contributed by atoms with Gasteiger partial charge in [-0.15, -0.1) is 0 Å². The fraction of sp³-hybridized carbons (Fsp3) is 0.316. The van der Waals surface area contributed by atoms with Gasteiger partial charge in [-0.05, 0) is 40.9 Å². The summed E-state index contributed by atoms with van der Waals surface area (Å²) in [5.74, 6) is 0.900. The van der Waals surface area contributed by atoms with Crippen LogP contribution in [0.1, 0.15) is 12.8 Å². The minimum absolute atomic E-state index is 0.124. The molecule has 1 saturated heterocycles. The molecule has 0 radical (unpaired) electrons. The van der Waals surface area contributed by atoms with Crippen LogP contribution in [0.25, 0.3) is 16.9 Å². The van der Waals surface area contributed by atoms with Crippen LogP contribution >= 0.6 is 15.9 Å². The van der Waals surface area contributed by atoms with E-state index in [0.717, 1.165) is 23.1 Å². The van der Waals surface area contributed by atoms with Gasteiger partial charge in [0.1, 0.15) is 11.6 Å². The zero-order valence-electron chi connectivity index (χ0n) is 15.5. The van der Waals surface area contributed by atoms with Crippen molar-refractivity contribution in [3.05, 3.63) is 41.0 Å². The number of aromatic hydroxyl groups is 1. The molecule has 0 atom stereocenters. The number of likely N-dealkylation sites (tertiary alicyclic amines) is 1. The summed E-state index contributed by atoms with van der Waals surface area (Å²) >= 11 is 3.48. The number of piperidine rings is 1. The molecule has 2 aromatic heterocycles. The third kappa shape index (κ3) is 3.99. The highest BCUT2D eigenvalue weighted by molar-refractivity contribution is 9.10. The van der Waals surface area contributed by atoms with E-state index >= 15 is 0 Å². The number of benzene rings is 1. The van der Waals surface area contributed by atoms with Gasteiger partial charge in [-0.3, -0.25) is 0 Å². The van der Waals surface area contributed by atoms with Crippen molar-refractivity contribution >= 4 is 33.5 Å². The molecular formula is C19H20BrN5O4. The number of fused-ring (bicyclic) bond motifs is 1. The third-order valence-electron chi connectivity index (χ3n) is 4.90. The number of ether oxygens (including phenoxy) is 1. The Kier molecular flexibility index (Phi) is 5.54. The quantitative estimate of drug-likeness (QED) is 0.512. The van der Waals surface area contributed by atoms with Gasteiger partial charge in [-0.2, -0.15) is 9.61 Å². The van der Waals surface area contributed by atoms with E-state index in [1.807, 2.05) is 18.2 Å². The number of halogens is 1. The molecule has 29 heavy (non-hydrogen) atoms. The first kappa shape index (κ1) is 19.5. The predicted octanol–water partition coefficient (Wildman–Crippen LogP) is 2.83. The summed E-state index contributed by atoms with van der Waals surface area (Å²) in [4.78, 5) is 18.0. The molecule has 4 rings (SSSR count). The Hall–Kier alpha value is -2.85. The number of rotatable bonds is 4. The number of amides is 1. The standard InChI is InChI=1S/C19H20BrN5O4/c20-14-10-21-25-17(22-12-5-7-24(8-6-12)19(28)29-11-26)9-15(23-18(14)25)13-3-1-2-4-16(13)27/h1-4,9-10,12,22,26-27H,5-8,11H2.